The Morgan fingerprint density at radius 3 is 2.67 bits per heavy atom. The lowest BCUT2D eigenvalue weighted by atomic mass is 9.92. The lowest BCUT2D eigenvalue weighted by Crippen LogP contribution is -2.51. The van der Waals surface area contributed by atoms with E-state index in [1.807, 2.05) is 18.5 Å². The zero-order valence-electron chi connectivity index (χ0n) is 13.4. The van der Waals surface area contributed by atoms with E-state index >= 15 is 0 Å². The summed E-state index contributed by atoms with van der Waals surface area (Å²) in [4.78, 5) is 6.78. The van der Waals surface area contributed by atoms with Gasteiger partial charge in [-0.3, -0.25) is 9.88 Å². The Balaban J connectivity index is 1.88. The maximum atomic E-state index is 5.50. The number of morpholine rings is 1. The van der Waals surface area contributed by atoms with Crippen molar-refractivity contribution in [3.63, 3.8) is 0 Å². The molecule has 0 radical (unpaired) electrons. The van der Waals surface area contributed by atoms with Gasteiger partial charge in [-0.1, -0.05) is 32.8 Å². The van der Waals surface area contributed by atoms with Crippen molar-refractivity contribution < 1.29 is 4.74 Å². The van der Waals surface area contributed by atoms with E-state index in [2.05, 4.69) is 35.1 Å². The minimum absolute atomic E-state index is 0.612. The van der Waals surface area contributed by atoms with Crippen molar-refractivity contribution in [1.29, 1.82) is 0 Å². The molecule has 0 bridgehead atoms. The van der Waals surface area contributed by atoms with Gasteiger partial charge < -0.3 is 10.1 Å². The summed E-state index contributed by atoms with van der Waals surface area (Å²) in [5.74, 6) is 0.754. The molecule has 0 unspecified atom stereocenters. The Labute approximate surface area is 128 Å². The van der Waals surface area contributed by atoms with E-state index in [0.717, 1.165) is 45.3 Å². The van der Waals surface area contributed by atoms with Crippen molar-refractivity contribution in [3.05, 3.63) is 30.1 Å². The molecule has 0 aromatic carbocycles. The predicted molar refractivity (Wildman–Crippen MR) is 86.2 cm³/mol. The van der Waals surface area contributed by atoms with Crippen LogP contribution in [0.5, 0.6) is 0 Å². The standard InChI is InChI=1S/C17H29N3O/c1-3-16(4-2)17(20-8-10-21-11-9-20)14-19-13-15-6-5-7-18-12-15/h5-7,12,16-17,19H,3-4,8-11,13-14H2,1-2H3/t17-/m0/s1. The molecule has 4 heteroatoms. The molecule has 4 nitrogen and oxygen atoms in total. The molecule has 1 fully saturated rings. The Hall–Kier alpha value is -0.970. The Morgan fingerprint density at radius 1 is 1.29 bits per heavy atom. The van der Waals surface area contributed by atoms with Crippen LogP contribution >= 0.6 is 0 Å². The molecule has 0 aliphatic carbocycles. The molecule has 1 aliphatic rings. The fourth-order valence-corrected chi connectivity index (χ4v) is 3.20. The normalized spacial score (nSPS) is 18.0. The molecule has 1 aliphatic heterocycles. The van der Waals surface area contributed by atoms with Crippen LogP contribution in [0.2, 0.25) is 0 Å². The zero-order chi connectivity index (χ0) is 14.9. The van der Waals surface area contributed by atoms with Gasteiger partial charge in [-0.15, -0.1) is 0 Å². The van der Waals surface area contributed by atoms with E-state index in [0.29, 0.717) is 6.04 Å². The van der Waals surface area contributed by atoms with Crippen LogP contribution in [0.3, 0.4) is 0 Å². The van der Waals surface area contributed by atoms with E-state index in [1.165, 1.54) is 18.4 Å². The molecule has 118 valence electrons. The van der Waals surface area contributed by atoms with Crippen molar-refractivity contribution in [1.82, 2.24) is 15.2 Å². The van der Waals surface area contributed by atoms with Gasteiger partial charge in [0.25, 0.3) is 0 Å². The van der Waals surface area contributed by atoms with Crippen LogP contribution in [-0.2, 0) is 11.3 Å². The van der Waals surface area contributed by atoms with Crippen LogP contribution in [0.25, 0.3) is 0 Å². The van der Waals surface area contributed by atoms with Crippen LogP contribution in [0.1, 0.15) is 32.3 Å². The summed E-state index contributed by atoms with van der Waals surface area (Å²) in [5, 5.41) is 3.63. The lowest BCUT2D eigenvalue weighted by Gasteiger charge is -2.39. The fraction of sp³-hybridized carbons (Fsp3) is 0.706. The number of nitrogens with zero attached hydrogens (tertiary/aromatic N) is 2. The molecule has 21 heavy (non-hydrogen) atoms. The Morgan fingerprint density at radius 2 is 2.05 bits per heavy atom. The number of hydrogen-bond donors (Lipinski definition) is 1. The summed E-state index contributed by atoms with van der Waals surface area (Å²) in [5.41, 5.74) is 1.25. The van der Waals surface area contributed by atoms with Gasteiger partial charge >= 0.3 is 0 Å². The fourth-order valence-electron chi connectivity index (χ4n) is 3.20. The molecule has 1 aromatic heterocycles. The molecule has 1 N–H and O–H groups in total. The highest BCUT2D eigenvalue weighted by atomic mass is 16.5. The summed E-state index contributed by atoms with van der Waals surface area (Å²) in [6.45, 7) is 10.4. The highest BCUT2D eigenvalue weighted by molar-refractivity contribution is 5.07. The van der Waals surface area contributed by atoms with E-state index in [9.17, 15) is 0 Å². The quantitative estimate of drug-likeness (QED) is 0.797. The van der Waals surface area contributed by atoms with Crippen molar-refractivity contribution in [2.75, 3.05) is 32.8 Å². The van der Waals surface area contributed by atoms with Gasteiger partial charge in [0.15, 0.2) is 0 Å². The molecular weight excluding hydrogens is 262 g/mol. The summed E-state index contributed by atoms with van der Waals surface area (Å²) in [7, 11) is 0. The second-order valence-corrected chi connectivity index (χ2v) is 5.78. The van der Waals surface area contributed by atoms with Gasteiger partial charge in [-0.2, -0.15) is 0 Å². The molecule has 1 saturated heterocycles. The van der Waals surface area contributed by atoms with E-state index in [4.69, 9.17) is 4.74 Å². The van der Waals surface area contributed by atoms with E-state index < -0.39 is 0 Å². The molecule has 0 spiro atoms. The third-order valence-electron chi connectivity index (χ3n) is 4.51. The second kappa shape index (κ2) is 9.13. The molecule has 0 saturated carbocycles. The smallest absolute Gasteiger partial charge is 0.0594 e. The maximum Gasteiger partial charge on any atom is 0.0594 e. The summed E-state index contributed by atoms with van der Waals surface area (Å²) in [6.07, 6.45) is 6.25. The summed E-state index contributed by atoms with van der Waals surface area (Å²) in [6, 6.07) is 4.73. The SMILES string of the molecule is CCC(CC)[C@H](CNCc1cccnc1)N1CCOCC1. The molecule has 2 heterocycles. The molecule has 0 amide bonds. The summed E-state index contributed by atoms with van der Waals surface area (Å²) >= 11 is 0. The first-order valence-electron chi connectivity index (χ1n) is 8.26. The minimum atomic E-state index is 0.612. The largest absolute Gasteiger partial charge is 0.379 e. The minimum Gasteiger partial charge on any atom is -0.379 e. The summed E-state index contributed by atoms with van der Waals surface area (Å²) < 4.78 is 5.50. The zero-order valence-corrected chi connectivity index (χ0v) is 13.4. The van der Waals surface area contributed by atoms with Crippen LogP contribution in [0.4, 0.5) is 0 Å². The Bertz CT molecular complexity index is 375. The monoisotopic (exact) mass is 291 g/mol. The van der Waals surface area contributed by atoms with E-state index in [1.54, 1.807) is 0 Å². The first-order chi connectivity index (χ1) is 10.3. The third-order valence-corrected chi connectivity index (χ3v) is 4.51. The molecule has 1 aromatic rings. The van der Waals surface area contributed by atoms with Crippen molar-refractivity contribution in [3.8, 4) is 0 Å². The van der Waals surface area contributed by atoms with Gasteiger partial charge in [0.1, 0.15) is 0 Å². The molecule has 1 atom stereocenters. The van der Waals surface area contributed by atoms with Crippen LogP contribution < -0.4 is 5.32 Å². The van der Waals surface area contributed by atoms with Gasteiger partial charge in [0.2, 0.25) is 0 Å². The molecule has 2 rings (SSSR count). The maximum absolute atomic E-state index is 5.50. The Kier molecular flexibility index (Phi) is 7.13. The van der Waals surface area contributed by atoms with Crippen molar-refractivity contribution >= 4 is 0 Å². The van der Waals surface area contributed by atoms with Crippen molar-refractivity contribution in [2.24, 2.45) is 5.92 Å². The van der Waals surface area contributed by atoms with Gasteiger partial charge in [0.05, 0.1) is 13.2 Å². The van der Waals surface area contributed by atoms with Gasteiger partial charge in [-0.05, 0) is 17.5 Å². The van der Waals surface area contributed by atoms with Gasteiger partial charge in [0, 0.05) is 44.6 Å². The van der Waals surface area contributed by atoms with Crippen LogP contribution in [0, 0.1) is 5.92 Å². The van der Waals surface area contributed by atoms with Crippen LogP contribution in [-0.4, -0.2) is 48.8 Å². The number of nitrogens with one attached hydrogen (secondary N) is 1. The molecular formula is C17H29N3O. The predicted octanol–water partition coefficient (Wildman–Crippen LogP) is 2.31. The van der Waals surface area contributed by atoms with Gasteiger partial charge in [-0.25, -0.2) is 0 Å². The topological polar surface area (TPSA) is 37.4 Å². The number of ether oxygens (including phenoxy) is 1. The number of hydrogen-bond acceptors (Lipinski definition) is 4. The van der Waals surface area contributed by atoms with E-state index in [-0.39, 0.29) is 0 Å². The van der Waals surface area contributed by atoms with Crippen LogP contribution in [0.15, 0.2) is 24.5 Å². The first kappa shape index (κ1) is 16.4. The number of aromatic nitrogens is 1. The second-order valence-electron chi connectivity index (χ2n) is 5.78. The first-order valence-corrected chi connectivity index (χ1v) is 8.26. The van der Waals surface area contributed by atoms with Crippen molar-refractivity contribution in [2.45, 2.75) is 39.3 Å². The lowest BCUT2D eigenvalue weighted by molar-refractivity contribution is 0.00161. The number of rotatable bonds is 8. The average molecular weight is 291 g/mol. The highest BCUT2D eigenvalue weighted by Gasteiger charge is 2.26. The highest BCUT2D eigenvalue weighted by Crippen LogP contribution is 2.19. The number of pyridine rings is 1. The third kappa shape index (κ3) is 5.06. The average Bonchev–Trinajstić information content (AvgIpc) is 2.56.